The summed E-state index contributed by atoms with van der Waals surface area (Å²) in [6, 6.07) is 10.9. The van der Waals surface area contributed by atoms with Crippen LogP contribution in [0.1, 0.15) is 23.3 Å². The lowest BCUT2D eigenvalue weighted by Gasteiger charge is -2.12. The summed E-state index contributed by atoms with van der Waals surface area (Å²) in [5, 5.41) is 0. The number of thiophene rings is 1. The molecule has 2 aromatic rings. The van der Waals surface area contributed by atoms with Crippen molar-refractivity contribution in [1.82, 2.24) is 4.72 Å². The molecule has 1 aromatic heterocycles. The lowest BCUT2D eigenvalue weighted by molar-refractivity contribution is 0.0679. The Morgan fingerprint density at radius 3 is 2.92 bits per heavy atom. The van der Waals surface area contributed by atoms with Gasteiger partial charge in [-0.2, -0.15) is 0 Å². The molecule has 0 saturated carbocycles. The molecule has 130 valence electrons. The molecule has 0 spiro atoms. The maximum absolute atomic E-state index is 12.3. The van der Waals surface area contributed by atoms with Gasteiger partial charge in [0.1, 0.15) is 16.6 Å². The minimum atomic E-state index is -3.47. The molecule has 1 saturated heterocycles. The van der Waals surface area contributed by atoms with Crippen LogP contribution in [0, 0.1) is 6.92 Å². The van der Waals surface area contributed by atoms with E-state index in [1.807, 2.05) is 31.2 Å². The summed E-state index contributed by atoms with van der Waals surface area (Å²) >= 11 is 1.27. The number of nitrogens with one attached hydrogen (secondary N) is 1. The Labute approximate surface area is 146 Å². The van der Waals surface area contributed by atoms with E-state index in [-0.39, 0.29) is 12.6 Å². The number of rotatable bonds is 7. The molecular weight excluding hydrogens is 346 g/mol. The van der Waals surface area contributed by atoms with Crippen LogP contribution in [0.4, 0.5) is 0 Å². The molecule has 1 N–H and O–H groups in total. The van der Waals surface area contributed by atoms with E-state index in [9.17, 15) is 8.42 Å². The SMILES string of the molecule is Cc1ccc(S(=O)(=O)NCc2cccc(OCC3CCCO3)c2)s1. The van der Waals surface area contributed by atoms with E-state index in [0.717, 1.165) is 35.6 Å². The van der Waals surface area contributed by atoms with E-state index in [0.29, 0.717) is 10.8 Å². The monoisotopic (exact) mass is 367 g/mol. The molecule has 0 radical (unpaired) electrons. The average molecular weight is 367 g/mol. The topological polar surface area (TPSA) is 64.6 Å². The lowest BCUT2D eigenvalue weighted by atomic mass is 10.2. The van der Waals surface area contributed by atoms with Crippen LogP contribution >= 0.6 is 11.3 Å². The molecule has 5 nitrogen and oxygen atoms in total. The van der Waals surface area contributed by atoms with Crippen LogP contribution in [0.2, 0.25) is 0 Å². The van der Waals surface area contributed by atoms with Crippen LogP contribution in [0.15, 0.2) is 40.6 Å². The Kier molecular flexibility index (Phi) is 5.55. The van der Waals surface area contributed by atoms with Crippen molar-refractivity contribution in [2.45, 2.75) is 36.6 Å². The summed E-state index contributed by atoms with van der Waals surface area (Å²) in [6.45, 7) is 3.46. The molecule has 2 heterocycles. The first kappa shape index (κ1) is 17.4. The van der Waals surface area contributed by atoms with Gasteiger partial charge in [0.25, 0.3) is 0 Å². The Hall–Kier alpha value is -1.41. The smallest absolute Gasteiger partial charge is 0.250 e. The van der Waals surface area contributed by atoms with Gasteiger partial charge in [0.2, 0.25) is 10.0 Å². The van der Waals surface area contributed by atoms with E-state index < -0.39 is 10.0 Å². The summed E-state index contributed by atoms with van der Waals surface area (Å²) in [5.74, 6) is 0.731. The molecule has 0 amide bonds. The predicted octanol–water partition coefficient (Wildman–Crippen LogP) is 3.09. The third-order valence-electron chi connectivity index (χ3n) is 3.81. The molecule has 1 aromatic carbocycles. The first-order valence-corrected chi connectivity index (χ1v) is 10.2. The van der Waals surface area contributed by atoms with Crippen molar-refractivity contribution in [3.05, 3.63) is 46.8 Å². The number of aryl methyl sites for hydroxylation is 1. The van der Waals surface area contributed by atoms with Crippen LogP contribution in [-0.2, 0) is 21.3 Å². The zero-order valence-corrected chi connectivity index (χ0v) is 15.2. The second kappa shape index (κ2) is 7.65. The highest BCUT2D eigenvalue weighted by atomic mass is 32.2. The highest BCUT2D eigenvalue weighted by Crippen LogP contribution is 2.21. The summed E-state index contributed by atoms with van der Waals surface area (Å²) in [5.41, 5.74) is 0.858. The third-order valence-corrected chi connectivity index (χ3v) is 6.70. The molecule has 1 unspecified atom stereocenters. The van der Waals surface area contributed by atoms with Gasteiger partial charge in [-0.3, -0.25) is 0 Å². The molecule has 1 aliphatic rings. The van der Waals surface area contributed by atoms with Gasteiger partial charge in [-0.15, -0.1) is 11.3 Å². The third kappa shape index (κ3) is 4.57. The molecule has 1 fully saturated rings. The molecular formula is C17H21NO4S2. The molecule has 1 aliphatic heterocycles. The highest BCUT2D eigenvalue weighted by Gasteiger charge is 2.17. The number of hydrogen-bond acceptors (Lipinski definition) is 5. The lowest BCUT2D eigenvalue weighted by Crippen LogP contribution is -2.22. The van der Waals surface area contributed by atoms with E-state index >= 15 is 0 Å². The molecule has 0 aliphatic carbocycles. The van der Waals surface area contributed by atoms with Gasteiger partial charge in [0, 0.05) is 18.0 Å². The van der Waals surface area contributed by atoms with E-state index in [4.69, 9.17) is 9.47 Å². The first-order chi connectivity index (χ1) is 11.5. The zero-order chi connectivity index (χ0) is 17.0. The highest BCUT2D eigenvalue weighted by molar-refractivity contribution is 7.91. The summed E-state index contributed by atoms with van der Waals surface area (Å²) < 4.78 is 38.8. The molecule has 0 bridgehead atoms. The van der Waals surface area contributed by atoms with Crippen molar-refractivity contribution in [2.24, 2.45) is 0 Å². The normalized spacial score (nSPS) is 18.0. The maximum Gasteiger partial charge on any atom is 0.250 e. The fraction of sp³-hybridized carbons (Fsp3) is 0.412. The molecule has 1 atom stereocenters. The molecule has 3 rings (SSSR count). The number of sulfonamides is 1. The second-order valence-electron chi connectivity index (χ2n) is 5.78. The fourth-order valence-corrected chi connectivity index (χ4v) is 4.86. The minimum Gasteiger partial charge on any atom is -0.491 e. The quantitative estimate of drug-likeness (QED) is 0.817. The zero-order valence-electron chi connectivity index (χ0n) is 13.5. The van der Waals surface area contributed by atoms with Crippen LogP contribution in [0.3, 0.4) is 0 Å². The van der Waals surface area contributed by atoms with Crippen molar-refractivity contribution >= 4 is 21.4 Å². The van der Waals surface area contributed by atoms with Gasteiger partial charge in [-0.05, 0) is 49.6 Å². The molecule has 7 heteroatoms. The van der Waals surface area contributed by atoms with Crippen molar-refractivity contribution < 1.29 is 17.9 Å². The van der Waals surface area contributed by atoms with Gasteiger partial charge >= 0.3 is 0 Å². The Balaban J connectivity index is 1.58. The summed E-state index contributed by atoms with van der Waals surface area (Å²) in [7, 11) is -3.47. The number of ether oxygens (including phenoxy) is 2. The van der Waals surface area contributed by atoms with E-state index in [1.165, 1.54) is 11.3 Å². The molecule has 24 heavy (non-hydrogen) atoms. The van der Waals surface area contributed by atoms with Crippen LogP contribution in [-0.4, -0.2) is 27.7 Å². The minimum absolute atomic E-state index is 0.161. The number of hydrogen-bond donors (Lipinski definition) is 1. The van der Waals surface area contributed by atoms with Crippen molar-refractivity contribution in [3.8, 4) is 5.75 Å². The van der Waals surface area contributed by atoms with Gasteiger partial charge in [-0.25, -0.2) is 13.1 Å². The van der Waals surface area contributed by atoms with Gasteiger partial charge in [0.15, 0.2) is 0 Å². The Bertz CT molecular complexity index is 779. The Morgan fingerprint density at radius 2 is 2.21 bits per heavy atom. The summed E-state index contributed by atoms with van der Waals surface area (Å²) in [6.07, 6.45) is 2.27. The van der Waals surface area contributed by atoms with E-state index in [1.54, 1.807) is 12.1 Å². The standard InChI is InChI=1S/C17H21NO4S2/c1-13-7-8-17(23-13)24(19,20)18-11-14-4-2-5-15(10-14)22-12-16-6-3-9-21-16/h2,4-5,7-8,10,16,18H,3,6,9,11-12H2,1H3. The largest absolute Gasteiger partial charge is 0.491 e. The van der Waals surface area contributed by atoms with Crippen LogP contribution in [0.25, 0.3) is 0 Å². The van der Waals surface area contributed by atoms with Crippen LogP contribution < -0.4 is 9.46 Å². The second-order valence-corrected chi connectivity index (χ2v) is 9.06. The van der Waals surface area contributed by atoms with Crippen molar-refractivity contribution in [2.75, 3.05) is 13.2 Å². The average Bonchev–Trinajstić information content (AvgIpc) is 3.23. The van der Waals surface area contributed by atoms with Gasteiger partial charge < -0.3 is 9.47 Å². The summed E-state index contributed by atoms with van der Waals surface area (Å²) in [4.78, 5) is 0.972. The van der Waals surface area contributed by atoms with Gasteiger partial charge in [-0.1, -0.05) is 12.1 Å². The predicted molar refractivity (Wildman–Crippen MR) is 94.0 cm³/mol. The Morgan fingerprint density at radius 1 is 1.33 bits per heavy atom. The fourth-order valence-electron chi connectivity index (χ4n) is 2.52. The van der Waals surface area contributed by atoms with Gasteiger partial charge in [0.05, 0.1) is 6.10 Å². The first-order valence-electron chi connectivity index (χ1n) is 7.92. The van der Waals surface area contributed by atoms with Crippen LogP contribution in [0.5, 0.6) is 5.75 Å². The van der Waals surface area contributed by atoms with Crippen molar-refractivity contribution in [1.29, 1.82) is 0 Å². The van der Waals surface area contributed by atoms with E-state index in [2.05, 4.69) is 4.72 Å². The van der Waals surface area contributed by atoms with Crippen molar-refractivity contribution in [3.63, 3.8) is 0 Å². The number of benzene rings is 1. The maximum atomic E-state index is 12.3.